The minimum atomic E-state index is -0.219. The second kappa shape index (κ2) is 11.7. The zero-order valence-corrected chi connectivity index (χ0v) is 23.3. The maximum absolute atomic E-state index is 13.5. The standard InChI is InChI=1S/C29H21Cl2N3O2S2/c1-18-10-13-20(16-23(18)31)34-28(36)22-6-2-3-7-24(22)33-29(34)37-17-27(35)32-25-8-4-5-9-26(25)38-21-14-11-19(30)12-15-21/h2-16H,17H2,1H3,(H,32,35). The predicted molar refractivity (Wildman–Crippen MR) is 158 cm³/mol. The zero-order chi connectivity index (χ0) is 26.6. The number of fused-ring (bicyclic) bond motifs is 1. The van der Waals surface area contributed by atoms with Crippen molar-refractivity contribution < 1.29 is 4.79 Å². The molecule has 0 spiro atoms. The summed E-state index contributed by atoms with van der Waals surface area (Å²) in [6.07, 6.45) is 0. The Kier molecular flexibility index (Phi) is 8.09. The van der Waals surface area contributed by atoms with Crippen molar-refractivity contribution in [2.24, 2.45) is 0 Å². The molecule has 1 amide bonds. The van der Waals surface area contributed by atoms with E-state index in [1.165, 1.54) is 28.1 Å². The number of aromatic nitrogens is 2. The van der Waals surface area contributed by atoms with Crippen molar-refractivity contribution in [2.75, 3.05) is 11.1 Å². The summed E-state index contributed by atoms with van der Waals surface area (Å²) in [6.45, 7) is 1.90. The van der Waals surface area contributed by atoms with Crippen molar-refractivity contribution >= 4 is 69.2 Å². The van der Waals surface area contributed by atoms with Crippen molar-refractivity contribution in [3.05, 3.63) is 117 Å². The van der Waals surface area contributed by atoms with E-state index in [9.17, 15) is 9.59 Å². The van der Waals surface area contributed by atoms with Gasteiger partial charge in [0.25, 0.3) is 5.56 Å². The number of nitrogens with zero attached hydrogens (tertiary/aromatic N) is 2. The number of hydrogen-bond donors (Lipinski definition) is 1. The number of rotatable bonds is 7. The van der Waals surface area contributed by atoms with Crippen LogP contribution < -0.4 is 10.9 Å². The van der Waals surface area contributed by atoms with Crippen molar-refractivity contribution in [3.63, 3.8) is 0 Å². The van der Waals surface area contributed by atoms with Gasteiger partial charge in [0.2, 0.25) is 5.91 Å². The van der Waals surface area contributed by atoms with Crippen molar-refractivity contribution in [3.8, 4) is 5.69 Å². The second-order valence-corrected chi connectivity index (χ2v) is 11.3. The fourth-order valence-electron chi connectivity index (χ4n) is 3.76. The van der Waals surface area contributed by atoms with Crippen LogP contribution in [-0.4, -0.2) is 21.2 Å². The molecule has 0 atom stereocenters. The summed E-state index contributed by atoms with van der Waals surface area (Å²) in [5.41, 5.74) is 2.55. The molecule has 9 heteroatoms. The minimum absolute atomic E-state index is 0.0598. The van der Waals surface area contributed by atoms with Crippen LogP contribution in [0.25, 0.3) is 16.6 Å². The molecular weight excluding hydrogens is 557 g/mol. The fourth-order valence-corrected chi connectivity index (χ4v) is 5.78. The number of amides is 1. The highest BCUT2D eigenvalue weighted by Gasteiger charge is 2.16. The van der Waals surface area contributed by atoms with Gasteiger partial charge in [-0.15, -0.1) is 0 Å². The van der Waals surface area contributed by atoms with Crippen molar-refractivity contribution in [1.82, 2.24) is 9.55 Å². The lowest BCUT2D eigenvalue weighted by molar-refractivity contribution is -0.113. The number of carbonyl (C=O) groups excluding carboxylic acids is 1. The molecular formula is C29H21Cl2N3O2S2. The zero-order valence-electron chi connectivity index (χ0n) is 20.2. The molecule has 190 valence electrons. The molecule has 0 bridgehead atoms. The van der Waals surface area contributed by atoms with Crippen molar-refractivity contribution in [1.29, 1.82) is 0 Å². The summed E-state index contributed by atoms with van der Waals surface area (Å²) in [5.74, 6) is -0.153. The summed E-state index contributed by atoms with van der Waals surface area (Å²) in [5, 5.41) is 5.11. The monoisotopic (exact) mass is 577 g/mol. The Morgan fingerprint density at radius 2 is 1.68 bits per heavy atom. The first-order valence-corrected chi connectivity index (χ1v) is 14.2. The molecule has 1 N–H and O–H groups in total. The molecule has 0 saturated carbocycles. The molecule has 0 aliphatic heterocycles. The molecule has 0 unspecified atom stereocenters. The van der Waals surface area contributed by atoms with Gasteiger partial charge in [0.1, 0.15) is 0 Å². The highest BCUT2D eigenvalue weighted by molar-refractivity contribution is 8.00. The van der Waals surface area contributed by atoms with Crippen LogP contribution in [0.4, 0.5) is 5.69 Å². The second-order valence-electron chi connectivity index (χ2n) is 8.37. The third-order valence-corrected chi connectivity index (χ3v) is 8.38. The van der Waals surface area contributed by atoms with Gasteiger partial charge in [-0.3, -0.25) is 14.2 Å². The number of nitrogens with one attached hydrogen (secondary N) is 1. The summed E-state index contributed by atoms with van der Waals surface area (Å²) < 4.78 is 1.51. The molecule has 4 aromatic carbocycles. The van der Waals surface area contributed by atoms with Crippen LogP contribution >= 0.6 is 46.7 Å². The molecule has 1 aromatic heterocycles. The SMILES string of the molecule is Cc1ccc(-n2c(SCC(=O)Nc3ccccc3Sc3ccc(Cl)cc3)nc3ccccc3c2=O)cc1Cl. The third kappa shape index (κ3) is 5.92. The average molecular weight is 579 g/mol. The first-order chi connectivity index (χ1) is 18.4. The Labute approximate surface area is 238 Å². The summed E-state index contributed by atoms with van der Waals surface area (Å²) in [4.78, 5) is 33.1. The number of hydrogen-bond acceptors (Lipinski definition) is 5. The lowest BCUT2D eigenvalue weighted by Crippen LogP contribution is -2.23. The summed E-state index contributed by atoms with van der Waals surface area (Å²) >= 11 is 15.1. The summed E-state index contributed by atoms with van der Waals surface area (Å²) in [6, 6.07) is 27.7. The van der Waals surface area contributed by atoms with Gasteiger partial charge < -0.3 is 5.32 Å². The molecule has 0 saturated heterocycles. The van der Waals surface area contributed by atoms with E-state index in [0.717, 1.165) is 15.4 Å². The topological polar surface area (TPSA) is 64.0 Å². The van der Waals surface area contributed by atoms with Gasteiger partial charge in [-0.05, 0) is 73.2 Å². The van der Waals surface area contributed by atoms with Crippen LogP contribution in [0.2, 0.25) is 10.0 Å². The number of benzene rings is 4. The first kappa shape index (κ1) is 26.4. The van der Waals surface area contributed by atoms with Crippen LogP contribution in [0.5, 0.6) is 0 Å². The van der Waals surface area contributed by atoms with E-state index in [0.29, 0.717) is 37.5 Å². The predicted octanol–water partition coefficient (Wildman–Crippen LogP) is 7.88. The first-order valence-electron chi connectivity index (χ1n) is 11.6. The number of thioether (sulfide) groups is 1. The average Bonchev–Trinajstić information content (AvgIpc) is 2.92. The Hall–Kier alpha value is -3.23. The van der Waals surface area contributed by atoms with E-state index < -0.39 is 0 Å². The Morgan fingerprint density at radius 1 is 0.947 bits per heavy atom. The molecule has 5 rings (SSSR count). The van der Waals surface area contributed by atoms with Gasteiger partial charge in [-0.25, -0.2) is 4.98 Å². The van der Waals surface area contributed by atoms with Crippen LogP contribution in [0.15, 0.2) is 111 Å². The van der Waals surface area contributed by atoms with E-state index in [-0.39, 0.29) is 17.2 Å². The normalized spacial score (nSPS) is 11.0. The van der Waals surface area contributed by atoms with Gasteiger partial charge in [0.15, 0.2) is 5.16 Å². The molecule has 38 heavy (non-hydrogen) atoms. The number of anilines is 1. The molecule has 5 aromatic rings. The van der Waals surface area contributed by atoms with E-state index in [1.54, 1.807) is 24.3 Å². The van der Waals surface area contributed by atoms with E-state index >= 15 is 0 Å². The van der Waals surface area contributed by atoms with Crippen LogP contribution in [-0.2, 0) is 4.79 Å². The quantitative estimate of drug-likeness (QED) is 0.157. The molecule has 0 radical (unpaired) electrons. The van der Waals surface area contributed by atoms with Gasteiger partial charge >= 0.3 is 0 Å². The van der Waals surface area contributed by atoms with E-state index in [1.807, 2.05) is 73.7 Å². The molecule has 0 aliphatic rings. The van der Waals surface area contributed by atoms with Crippen LogP contribution in [0.3, 0.4) is 0 Å². The lowest BCUT2D eigenvalue weighted by atomic mass is 10.2. The number of halogens is 2. The van der Waals surface area contributed by atoms with Gasteiger partial charge in [0.05, 0.1) is 28.0 Å². The highest BCUT2D eigenvalue weighted by Crippen LogP contribution is 2.34. The number of carbonyl (C=O) groups is 1. The molecule has 0 aliphatic carbocycles. The largest absolute Gasteiger partial charge is 0.324 e. The van der Waals surface area contributed by atoms with Gasteiger partial charge in [-0.2, -0.15) is 0 Å². The van der Waals surface area contributed by atoms with Crippen LogP contribution in [0.1, 0.15) is 5.56 Å². The summed E-state index contributed by atoms with van der Waals surface area (Å²) in [7, 11) is 0. The van der Waals surface area contributed by atoms with Crippen LogP contribution in [0, 0.1) is 6.92 Å². The van der Waals surface area contributed by atoms with E-state index in [2.05, 4.69) is 5.32 Å². The van der Waals surface area contributed by atoms with Crippen molar-refractivity contribution in [2.45, 2.75) is 21.9 Å². The number of aryl methyl sites for hydroxylation is 1. The minimum Gasteiger partial charge on any atom is -0.324 e. The Bertz CT molecular complexity index is 1710. The highest BCUT2D eigenvalue weighted by atomic mass is 35.5. The van der Waals surface area contributed by atoms with E-state index in [4.69, 9.17) is 28.2 Å². The van der Waals surface area contributed by atoms with Gasteiger partial charge in [0, 0.05) is 19.8 Å². The molecule has 5 nitrogen and oxygen atoms in total. The smallest absolute Gasteiger partial charge is 0.266 e. The van der Waals surface area contributed by atoms with Gasteiger partial charge in [-0.1, -0.05) is 77.1 Å². The number of para-hydroxylation sites is 2. The lowest BCUT2D eigenvalue weighted by Gasteiger charge is -2.14. The maximum atomic E-state index is 13.5. The Morgan fingerprint density at radius 3 is 2.47 bits per heavy atom. The molecule has 1 heterocycles. The Balaban J connectivity index is 1.40. The molecule has 0 fully saturated rings. The third-order valence-electron chi connectivity index (χ3n) is 5.69. The fraction of sp³-hybridized carbons (Fsp3) is 0.0690. The maximum Gasteiger partial charge on any atom is 0.266 e.